The highest BCUT2D eigenvalue weighted by molar-refractivity contribution is 7.99. The molecule has 0 saturated heterocycles. The number of rotatable bonds is 7. The van der Waals surface area contributed by atoms with E-state index in [1.54, 1.807) is 13.0 Å². The minimum Gasteiger partial charge on any atom is -0.378 e. The summed E-state index contributed by atoms with van der Waals surface area (Å²) in [4.78, 5) is 4.30. The van der Waals surface area contributed by atoms with Crippen LogP contribution in [0.15, 0.2) is 33.9 Å². The molecule has 1 unspecified atom stereocenters. The number of nitrogens with zero attached hydrogens (tertiary/aromatic N) is 5. The van der Waals surface area contributed by atoms with Gasteiger partial charge in [-0.3, -0.25) is 0 Å². The van der Waals surface area contributed by atoms with Crippen molar-refractivity contribution in [2.24, 2.45) is 0 Å². The second-order valence-electron chi connectivity index (χ2n) is 7.93. The van der Waals surface area contributed by atoms with Gasteiger partial charge in [0.2, 0.25) is 5.89 Å². The predicted molar refractivity (Wildman–Crippen MR) is 114 cm³/mol. The van der Waals surface area contributed by atoms with Gasteiger partial charge in [0.1, 0.15) is 0 Å². The van der Waals surface area contributed by atoms with Gasteiger partial charge in [-0.15, -0.1) is 10.2 Å². The zero-order valence-corrected chi connectivity index (χ0v) is 18.7. The van der Waals surface area contributed by atoms with Crippen molar-refractivity contribution in [1.82, 2.24) is 24.9 Å². The molecule has 172 valence electrons. The minimum atomic E-state index is -4.38. The van der Waals surface area contributed by atoms with E-state index in [9.17, 15) is 13.2 Å². The first-order valence-electron chi connectivity index (χ1n) is 10.6. The van der Waals surface area contributed by atoms with Crippen molar-refractivity contribution in [3.05, 3.63) is 47.4 Å². The molecule has 0 spiro atoms. The summed E-state index contributed by atoms with van der Waals surface area (Å²) in [5, 5.41) is 16.3. The highest BCUT2D eigenvalue weighted by Gasteiger charge is 2.30. The van der Waals surface area contributed by atoms with E-state index in [4.69, 9.17) is 4.52 Å². The fraction of sp³-hybridized carbons (Fsp3) is 0.524. The van der Waals surface area contributed by atoms with Crippen molar-refractivity contribution in [3.8, 4) is 0 Å². The summed E-state index contributed by atoms with van der Waals surface area (Å²) in [5.41, 5.74) is -0.293. The largest absolute Gasteiger partial charge is 0.416 e. The number of alkyl halides is 3. The van der Waals surface area contributed by atoms with Gasteiger partial charge < -0.3 is 14.4 Å². The van der Waals surface area contributed by atoms with Gasteiger partial charge in [0.25, 0.3) is 0 Å². The fourth-order valence-electron chi connectivity index (χ4n) is 3.89. The van der Waals surface area contributed by atoms with E-state index < -0.39 is 11.7 Å². The van der Waals surface area contributed by atoms with Gasteiger partial charge in [-0.2, -0.15) is 18.2 Å². The third kappa shape index (κ3) is 5.25. The summed E-state index contributed by atoms with van der Waals surface area (Å²) in [6.07, 6.45) is 1.13. The average Bonchev–Trinajstić information content (AvgIpc) is 3.38. The van der Waals surface area contributed by atoms with Crippen LogP contribution in [0.2, 0.25) is 0 Å². The molecule has 7 nitrogen and oxygen atoms in total. The topological polar surface area (TPSA) is 81.7 Å². The Balaban J connectivity index is 1.55. The summed E-state index contributed by atoms with van der Waals surface area (Å²) in [7, 11) is 0. The maximum Gasteiger partial charge on any atom is 0.416 e. The third-order valence-electron chi connectivity index (χ3n) is 5.49. The molecule has 0 aliphatic heterocycles. The lowest BCUT2D eigenvalue weighted by atomic mass is 9.95. The van der Waals surface area contributed by atoms with E-state index in [0.717, 1.165) is 43.0 Å². The Morgan fingerprint density at radius 2 is 2.00 bits per heavy atom. The quantitative estimate of drug-likeness (QED) is 0.430. The molecular weight excluding hydrogens is 441 g/mol. The SMILES string of the molecule is Cc1noc(C(C)Sc2nnc(CNc3cccc(C(F)(F)F)c3)n2C2CCCCC2)n1. The number of benzene rings is 1. The summed E-state index contributed by atoms with van der Waals surface area (Å²) in [6, 6.07) is 5.44. The highest BCUT2D eigenvalue weighted by Crippen LogP contribution is 2.38. The molecule has 2 aromatic heterocycles. The van der Waals surface area contributed by atoms with Crippen LogP contribution in [0.3, 0.4) is 0 Å². The van der Waals surface area contributed by atoms with Crippen molar-refractivity contribution in [1.29, 1.82) is 0 Å². The Kier molecular flexibility index (Phi) is 6.73. The predicted octanol–water partition coefficient (Wildman–Crippen LogP) is 5.96. The highest BCUT2D eigenvalue weighted by atomic mass is 32.2. The third-order valence-corrected chi connectivity index (χ3v) is 6.53. The Morgan fingerprint density at radius 1 is 1.22 bits per heavy atom. The zero-order chi connectivity index (χ0) is 22.7. The van der Waals surface area contributed by atoms with Crippen molar-refractivity contribution >= 4 is 17.4 Å². The first-order valence-corrected chi connectivity index (χ1v) is 11.5. The van der Waals surface area contributed by atoms with Crippen LogP contribution in [0, 0.1) is 6.92 Å². The fourth-order valence-corrected chi connectivity index (χ4v) is 4.86. The minimum absolute atomic E-state index is 0.105. The van der Waals surface area contributed by atoms with Crippen LogP contribution in [0.1, 0.15) is 73.4 Å². The Bertz CT molecular complexity index is 1040. The Labute approximate surface area is 188 Å². The van der Waals surface area contributed by atoms with Crippen LogP contribution in [-0.4, -0.2) is 24.9 Å². The van der Waals surface area contributed by atoms with Gasteiger partial charge in [0, 0.05) is 11.7 Å². The number of hydrogen-bond acceptors (Lipinski definition) is 7. The molecule has 1 atom stereocenters. The summed E-state index contributed by atoms with van der Waals surface area (Å²) < 4.78 is 46.5. The number of hydrogen-bond donors (Lipinski definition) is 1. The van der Waals surface area contributed by atoms with E-state index >= 15 is 0 Å². The molecule has 2 heterocycles. The molecule has 0 radical (unpaired) electrons. The van der Waals surface area contributed by atoms with E-state index in [1.807, 2.05) is 6.92 Å². The molecule has 1 aromatic carbocycles. The molecule has 1 saturated carbocycles. The molecule has 1 aliphatic carbocycles. The first kappa shape index (κ1) is 22.6. The molecule has 1 fully saturated rings. The number of anilines is 1. The van der Waals surface area contributed by atoms with Crippen LogP contribution < -0.4 is 5.32 Å². The molecule has 4 rings (SSSR count). The van der Waals surface area contributed by atoms with Crippen LogP contribution in [0.5, 0.6) is 0 Å². The zero-order valence-electron chi connectivity index (χ0n) is 17.9. The lowest BCUT2D eigenvalue weighted by molar-refractivity contribution is -0.137. The standard InChI is InChI=1S/C21H25F3N6OS/c1-13(19-26-14(2)29-31-19)32-20-28-27-18(30(20)17-9-4-3-5-10-17)12-25-16-8-6-7-15(11-16)21(22,23)24/h6-8,11,13,17,25H,3-5,9-10,12H2,1-2H3. The number of halogens is 3. The second-order valence-corrected chi connectivity index (χ2v) is 9.24. The monoisotopic (exact) mass is 466 g/mol. The molecule has 0 amide bonds. The maximum atomic E-state index is 13.0. The molecule has 11 heteroatoms. The normalized spacial score (nSPS) is 16.3. The van der Waals surface area contributed by atoms with Crippen LogP contribution in [0.4, 0.5) is 18.9 Å². The first-order chi connectivity index (χ1) is 15.3. The van der Waals surface area contributed by atoms with E-state index in [2.05, 4.69) is 30.2 Å². The van der Waals surface area contributed by atoms with Crippen LogP contribution in [0.25, 0.3) is 0 Å². The summed E-state index contributed by atoms with van der Waals surface area (Å²) in [5.74, 6) is 1.80. The number of thioether (sulfide) groups is 1. The molecule has 32 heavy (non-hydrogen) atoms. The van der Waals surface area contributed by atoms with E-state index in [0.29, 0.717) is 23.2 Å². The molecule has 0 bridgehead atoms. The maximum absolute atomic E-state index is 13.0. The average molecular weight is 467 g/mol. The Hall–Kier alpha value is -2.56. The molecular formula is C21H25F3N6OS. The van der Waals surface area contributed by atoms with Gasteiger partial charge in [-0.25, -0.2) is 0 Å². The number of nitrogens with one attached hydrogen (secondary N) is 1. The van der Waals surface area contributed by atoms with Gasteiger partial charge in [0.15, 0.2) is 16.8 Å². The van der Waals surface area contributed by atoms with Crippen molar-refractivity contribution in [2.75, 3.05) is 5.32 Å². The molecule has 1 aliphatic rings. The smallest absolute Gasteiger partial charge is 0.378 e. The molecule has 3 aromatic rings. The van der Waals surface area contributed by atoms with Gasteiger partial charge in [-0.1, -0.05) is 42.2 Å². The van der Waals surface area contributed by atoms with Crippen LogP contribution >= 0.6 is 11.8 Å². The summed E-state index contributed by atoms with van der Waals surface area (Å²) in [6.45, 7) is 4.02. The van der Waals surface area contributed by atoms with Crippen LogP contribution in [-0.2, 0) is 12.7 Å². The lowest BCUT2D eigenvalue weighted by Crippen LogP contribution is -2.18. The number of aryl methyl sites for hydroxylation is 1. The Morgan fingerprint density at radius 3 is 2.69 bits per heavy atom. The van der Waals surface area contributed by atoms with Gasteiger partial charge in [-0.05, 0) is 44.9 Å². The second kappa shape index (κ2) is 9.51. The van der Waals surface area contributed by atoms with Crippen molar-refractivity contribution < 1.29 is 17.7 Å². The van der Waals surface area contributed by atoms with Gasteiger partial charge in [0.05, 0.1) is 17.4 Å². The van der Waals surface area contributed by atoms with Crippen molar-refractivity contribution in [3.63, 3.8) is 0 Å². The lowest BCUT2D eigenvalue weighted by Gasteiger charge is -2.26. The van der Waals surface area contributed by atoms with E-state index in [1.165, 1.54) is 24.2 Å². The molecule has 1 N–H and O–H groups in total. The van der Waals surface area contributed by atoms with Gasteiger partial charge >= 0.3 is 6.18 Å². The van der Waals surface area contributed by atoms with E-state index in [-0.39, 0.29) is 17.8 Å². The summed E-state index contributed by atoms with van der Waals surface area (Å²) >= 11 is 1.50. The number of aromatic nitrogens is 5. The van der Waals surface area contributed by atoms with Crippen molar-refractivity contribution in [2.45, 2.75) is 75.1 Å².